The minimum Gasteiger partial charge on any atom is -0.199 e. The van der Waals surface area contributed by atoms with Crippen LogP contribution in [-0.4, -0.2) is 70.7 Å². The molecule has 30 heteroatoms. The standard InChI is InChI=1S/C14Cl16F14/c15-1(16,8(33,34)3(19,20)10(37,38)5(23,24)12(41,42)13(27,28)29)7(31,32)2(17,18)9(35,36)4(21,22)11(39,40)6(25,26)14(30,43)44. The van der Waals surface area contributed by atoms with Crippen LogP contribution in [-0.2, 0) is 0 Å². The summed E-state index contributed by atoms with van der Waals surface area (Å²) in [6, 6.07) is 0. The van der Waals surface area contributed by atoms with Crippen LogP contribution in [0, 0.1) is 0 Å². The zero-order valence-corrected chi connectivity index (χ0v) is 30.4. The maximum atomic E-state index is 15.3. The summed E-state index contributed by atoms with van der Waals surface area (Å²) in [4.78, 5) is 0. The molecule has 0 aliphatic heterocycles. The van der Waals surface area contributed by atoms with E-state index < -0.39 is 70.7 Å². The van der Waals surface area contributed by atoms with Gasteiger partial charge in [-0.15, -0.1) is 0 Å². The second kappa shape index (κ2) is 12.7. The maximum absolute atomic E-state index is 15.3. The smallest absolute Gasteiger partial charge is 0.199 e. The molecule has 0 aromatic heterocycles. The van der Waals surface area contributed by atoms with Crippen molar-refractivity contribution in [1.82, 2.24) is 0 Å². The van der Waals surface area contributed by atoms with Gasteiger partial charge in [-0.1, -0.05) is 174 Å². The van der Waals surface area contributed by atoms with Gasteiger partial charge in [-0.05, 0) is 11.6 Å². The summed E-state index contributed by atoms with van der Waals surface area (Å²) in [5.74, 6) is -40.4. The van der Waals surface area contributed by atoms with Gasteiger partial charge in [0.25, 0.3) is 29.8 Å². The first-order valence-electron chi connectivity index (χ1n) is 8.92. The zero-order chi connectivity index (χ0) is 37.0. The highest BCUT2D eigenvalue weighted by atomic mass is 35.6. The highest BCUT2D eigenvalue weighted by Gasteiger charge is 2.93. The van der Waals surface area contributed by atoms with E-state index in [4.69, 9.17) is 128 Å². The van der Waals surface area contributed by atoms with Crippen molar-refractivity contribution in [3.63, 3.8) is 0 Å². The lowest BCUT2D eigenvalue weighted by molar-refractivity contribution is -0.223. The zero-order valence-electron chi connectivity index (χ0n) is 18.3. The first kappa shape index (κ1) is 47.7. The largest absolute Gasteiger partial charge is 0.360 e. The molecule has 0 heterocycles. The number of alkyl halides is 30. The van der Waals surface area contributed by atoms with Crippen molar-refractivity contribution in [2.45, 2.75) is 70.7 Å². The summed E-state index contributed by atoms with van der Waals surface area (Å²) in [6.07, 6.45) is 0. The molecule has 0 radical (unpaired) electrons. The van der Waals surface area contributed by atoms with Crippen molar-refractivity contribution < 1.29 is 61.5 Å². The SMILES string of the molecule is FC(F)(Cl)C(Cl)(Cl)C(F)(F)C(Cl)(Cl)C(F)(F)C(Cl)(Cl)C(F)(F)C(Cl)(Cl)C(F)(F)C(Cl)(Cl)C(F)(F)C(Cl)(Cl)C(F)(F)C(Cl)(Cl)Cl. The molecule has 0 saturated carbocycles. The lowest BCUT2D eigenvalue weighted by Crippen LogP contribution is -2.77. The third-order valence-electron chi connectivity index (χ3n) is 5.05. The minimum absolute atomic E-state index is 4.20. The molecule has 0 spiro atoms. The van der Waals surface area contributed by atoms with Crippen molar-refractivity contribution in [1.29, 1.82) is 0 Å². The van der Waals surface area contributed by atoms with E-state index in [1.54, 1.807) is 0 Å². The van der Waals surface area contributed by atoms with Crippen molar-refractivity contribution in [2.24, 2.45) is 0 Å². The van der Waals surface area contributed by atoms with Gasteiger partial charge in [0.05, 0.1) is 0 Å². The van der Waals surface area contributed by atoms with E-state index in [0.29, 0.717) is 0 Å². The Kier molecular flexibility index (Phi) is 13.7. The molecular weight excluding hydrogens is 1000 g/mol. The summed E-state index contributed by atoms with van der Waals surface area (Å²) >= 11 is 74.9. The predicted octanol–water partition coefficient (Wildman–Crippen LogP) is 14.0. The minimum atomic E-state index is -7.10. The molecule has 0 fully saturated rings. The Morgan fingerprint density at radius 2 is 0.341 bits per heavy atom. The van der Waals surface area contributed by atoms with Gasteiger partial charge in [0.15, 0.2) is 0 Å². The van der Waals surface area contributed by atoms with Gasteiger partial charge in [0, 0.05) is 0 Å². The van der Waals surface area contributed by atoms with Crippen LogP contribution in [0.3, 0.4) is 0 Å². The highest BCUT2D eigenvalue weighted by Crippen LogP contribution is 2.73. The Morgan fingerprint density at radius 1 is 0.205 bits per heavy atom. The van der Waals surface area contributed by atoms with Gasteiger partial charge in [-0.2, -0.15) is 61.5 Å². The van der Waals surface area contributed by atoms with Crippen molar-refractivity contribution >= 4 is 186 Å². The summed E-state index contributed by atoms with van der Waals surface area (Å²) in [5.41, 5.74) is 0. The van der Waals surface area contributed by atoms with E-state index in [0.717, 1.165) is 0 Å². The highest BCUT2D eigenvalue weighted by molar-refractivity contribution is 6.69. The van der Waals surface area contributed by atoms with E-state index in [1.165, 1.54) is 0 Å². The molecule has 0 aliphatic rings. The van der Waals surface area contributed by atoms with E-state index in [1.807, 2.05) is 0 Å². The van der Waals surface area contributed by atoms with Gasteiger partial charge in [-0.3, -0.25) is 0 Å². The Labute approximate surface area is 315 Å². The van der Waals surface area contributed by atoms with Gasteiger partial charge in [0.2, 0.25) is 0 Å². The average Bonchev–Trinajstić information content (AvgIpc) is 2.75. The lowest BCUT2D eigenvalue weighted by Gasteiger charge is -2.52. The molecule has 0 nitrogen and oxygen atoms in total. The van der Waals surface area contributed by atoms with Crippen LogP contribution in [0.15, 0.2) is 0 Å². The first-order chi connectivity index (χ1) is 18.2. The van der Waals surface area contributed by atoms with E-state index >= 15 is 35.1 Å². The second-order valence-electron chi connectivity index (χ2n) is 7.89. The Bertz CT molecular complexity index is 992. The third kappa shape index (κ3) is 6.26. The topological polar surface area (TPSA) is 0 Å². The Hall–Kier alpha value is 3.66. The molecular formula is C14Cl16F14. The molecule has 266 valence electrons. The molecule has 0 aliphatic carbocycles. The molecule has 0 atom stereocenters. The van der Waals surface area contributed by atoms with Crippen LogP contribution in [0.1, 0.15) is 0 Å². The van der Waals surface area contributed by atoms with Crippen molar-refractivity contribution in [3.8, 4) is 0 Å². The number of halogens is 30. The van der Waals surface area contributed by atoms with Crippen LogP contribution in [0.5, 0.6) is 0 Å². The third-order valence-corrected chi connectivity index (χ3v) is 11.9. The fourth-order valence-electron chi connectivity index (χ4n) is 2.33. The number of rotatable bonds is 12. The summed E-state index contributed by atoms with van der Waals surface area (Å²) in [5, 5.41) is -5.74. The molecule has 0 N–H and O–H groups in total. The molecule has 0 aromatic carbocycles. The van der Waals surface area contributed by atoms with Gasteiger partial charge in [-0.25, -0.2) is 0 Å². The van der Waals surface area contributed by atoms with Gasteiger partial charge < -0.3 is 0 Å². The van der Waals surface area contributed by atoms with E-state index in [2.05, 4.69) is 58.0 Å². The van der Waals surface area contributed by atoms with Crippen molar-refractivity contribution in [3.05, 3.63) is 0 Å². The maximum Gasteiger partial charge on any atom is 0.360 e. The normalized spacial score (nSPS) is 17.3. The number of hydrogen-bond acceptors (Lipinski definition) is 0. The Balaban J connectivity index is 7.52. The monoisotopic (exact) mass is 993 g/mol. The molecule has 44 heavy (non-hydrogen) atoms. The molecule has 0 rings (SSSR count). The summed E-state index contributed by atoms with van der Waals surface area (Å²) in [6.45, 7) is 0. The summed E-state index contributed by atoms with van der Waals surface area (Å²) < 4.78 is 167. The molecule has 0 unspecified atom stereocenters. The first-order valence-corrected chi connectivity index (χ1v) is 15.0. The second-order valence-corrected chi connectivity index (χ2v) is 18.6. The fourth-order valence-corrected chi connectivity index (χ4v) is 7.25. The molecule has 0 bridgehead atoms. The quantitative estimate of drug-likeness (QED) is 0.135. The predicted molar refractivity (Wildman–Crippen MR) is 147 cm³/mol. The van der Waals surface area contributed by atoms with Crippen LogP contribution in [0.2, 0.25) is 0 Å². The van der Waals surface area contributed by atoms with E-state index in [9.17, 15) is 26.3 Å². The Morgan fingerprint density at radius 3 is 0.477 bits per heavy atom. The molecule has 0 saturated heterocycles. The van der Waals surface area contributed by atoms with Gasteiger partial charge >= 0.3 is 40.9 Å². The number of hydrogen-bond donors (Lipinski definition) is 0. The van der Waals surface area contributed by atoms with Crippen LogP contribution in [0.4, 0.5) is 61.5 Å². The van der Waals surface area contributed by atoms with Crippen LogP contribution >= 0.6 is 186 Å². The lowest BCUT2D eigenvalue weighted by atomic mass is 9.91. The van der Waals surface area contributed by atoms with E-state index in [-0.39, 0.29) is 0 Å². The van der Waals surface area contributed by atoms with Crippen LogP contribution in [0.25, 0.3) is 0 Å². The average molecular weight is 1000 g/mol. The van der Waals surface area contributed by atoms with Crippen LogP contribution < -0.4 is 0 Å². The molecule has 0 amide bonds. The van der Waals surface area contributed by atoms with Gasteiger partial charge in [0.1, 0.15) is 0 Å². The summed E-state index contributed by atoms with van der Waals surface area (Å²) in [7, 11) is 0. The molecule has 0 aromatic rings. The fraction of sp³-hybridized carbons (Fsp3) is 1.00. The van der Waals surface area contributed by atoms with Crippen molar-refractivity contribution in [2.75, 3.05) is 0 Å².